The maximum Gasteiger partial charge on any atom is 0.410 e. The van der Waals surface area contributed by atoms with Gasteiger partial charge in [0.15, 0.2) is 0 Å². The minimum atomic E-state index is -0.425. The van der Waals surface area contributed by atoms with E-state index in [9.17, 15) is 4.79 Å². The lowest BCUT2D eigenvalue weighted by Crippen LogP contribution is -2.40. The molecule has 1 saturated heterocycles. The highest BCUT2D eigenvalue weighted by Gasteiger charge is 2.40. The molecule has 3 unspecified atom stereocenters. The molecule has 0 aromatic carbocycles. The van der Waals surface area contributed by atoms with Crippen LogP contribution in [0.4, 0.5) is 4.79 Å². The molecule has 1 aliphatic heterocycles. The normalized spacial score (nSPS) is 30.6. The highest BCUT2D eigenvalue weighted by atomic mass is 127. The first kappa shape index (κ1) is 14.4. The van der Waals surface area contributed by atoms with Crippen LogP contribution in [0.1, 0.15) is 27.7 Å². The number of nitrogens with zero attached hydrogens (tertiary/aromatic N) is 1. The lowest BCUT2D eigenvalue weighted by molar-refractivity contribution is 0.0227. The van der Waals surface area contributed by atoms with Crippen LogP contribution >= 0.6 is 35.2 Å². The first-order valence-electron chi connectivity index (χ1n) is 5.50. The summed E-state index contributed by atoms with van der Waals surface area (Å²) in [5.41, 5.74) is -0.425. The molecule has 1 rings (SSSR count). The highest BCUT2D eigenvalue weighted by Crippen LogP contribution is 2.30. The average Bonchev–Trinajstić information content (AvgIpc) is 2.38. The monoisotopic (exact) mass is 357 g/mol. The summed E-state index contributed by atoms with van der Waals surface area (Å²) < 4.78 is 6.40. The Morgan fingerprint density at radius 2 is 2.12 bits per heavy atom. The summed E-state index contributed by atoms with van der Waals surface area (Å²) in [6, 6.07) is 0.217. The van der Waals surface area contributed by atoms with Crippen molar-refractivity contribution in [2.75, 3.05) is 11.0 Å². The van der Waals surface area contributed by atoms with Crippen molar-refractivity contribution in [3.05, 3.63) is 0 Å². The lowest BCUT2D eigenvalue weighted by atomic mass is 10.0. The Kier molecular flexibility index (Phi) is 4.80. The smallest absolute Gasteiger partial charge is 0.410 e. The molecular formula is C11H20INO2S. The van der Waals surface area contributed by atoms with Gasteiger partial charge in [0.1, 0.15) is 5.60 Å². The van der Waals surface area contributed by atoms with Gasteiger partial charge < -0.3 is 9.64 Å². The molecule has 0 N–H and O–H groups in total. The molecule has 1 aliphatic rings. The Morgan fingerprint density at radius 1 is 1.56 bits per heavy atom. The molecule has 0 saturated carbocycles. The van der Waals surface area contributed by atoms with Gasteiger partial charge in [0.05, 0.1) is 0 Å². The molecular weight excluding hydrogens is 337 g/mol. The van der Waals surface area contributed by atoms with Crippen LogP contribution in [0.25, 0.3) is 0 Å². The molecule has 5 heteroatoms. The summed E-state index contributed by atoms with van der Waals surface area (Å²) >= 11 is 6.89. The topological polar surface area (TPSA) is 29.5 Å². The van der Waals surface area contributed by atoms with Crippen molar-refractivity contribution < 1.29 is 9.53 Å². The van der Waals surface area contributed by atoms with E-state index in [1.165, 1.54) is 0 Å². The van der Waals surface area contributed by atoms with Crippen molar-refractivity contribution in [1.82, 2.24) is 4.90 Å². The maximum absolute atomic E-state index is 11.9. The van der Waals surface area contributed by atoms with E-state index in [2.05, 4.69) is 42.1 Å². The summed E-state index contributed by atoms with van der Waals surface area (Å²) in [4.78, 5) is 13.7. The molecule has 3 atom stereocenters. The van der Waals surface area contributed by atoms with Crippen LogP contribution in [0.15, 0.2) is 0 Å². The predicted octanol–water partition coefficient (Wildman–Crippen LogP) is 2.98. The standard InChI is InChI=1S/C11H20INO2S/c1-7-8(5-12)9(16)6-13(7)10(14)15-11(2,3)4/h7-9,16H,5-6H2,1-4H3. The number of rotatable bonds is 1. The molecule has 0 aromatic rings. The van der Waals surface area contributed by atoms with Crippen LogP contribution in [0.5, 0.6) is 0 Å². The summed E-state index contributed by atoms with van der Waals surface area (Å²) in [5, 5.41) is 0.263. The predicted molar refractivity (Wildman–Crippen MR) is 77.6 cm³/mol. The van der Waals surface area contributed by atoms with E-state index in [-0.39, 0.29) is 17.4 Å². The van der Waals surface area contributed by atoms with Gasteiger partial charge in [-0.1, -0.05) is 22.6 Å². The number of hydrogen-bond acceptors (Lipinski definition) is 3. The number of likely N-dealkylation sites (tertiary alicyclic amines) is 1. The van der Waals surface area contributed by atoms with Crippen molar-refractivity contribution in [3.8, 4) is 0 Å². The van der Waals surface area contributed by atoms with E-state index in [0.29, 0.717) is 12.5 Å². The molecule has 3 nitrogen and oxygen atoms in total. The zero-order valence-electron chi connectivity index (χ0n) is 10.2. The van der Waals surface area contributed by atoms with E-state index < -0.39 is 5.60 Å². The molecule has 0 aliphatic carbocycles. The SMILES string of the molecule is CC1C(CI)C(S)CN1C(=O)OC(C)(C)C. The molecule has 1 heterocycles. The number of carbonyl (C=O) groups is 1. The number of halogens is 1. The Labute approximate surface area is 117 Å². The van der Waals surface area contributed by atoms with Crippen LogP contribution in [0.2, 0.25) is 0 Å². The molecule has 0 spiro atoms. The van der Waals surface area contributed by atoms with Crippen molar-refractivity contribution in [2.24, 2.45) is 5.92 Å². The summed E-state index contributed by atoms with van der Waals surface area (Å²) in [6.45, 7) is 8.43. The number of carbonyl (C=O) groups excluding carboxylic acids is 1. The zero-order chi connectivity index (χ0) is 12.5. The number of thiol groups is 1. The van der Waals surface area contributed by atoms with Crippen molar-refractivity contribution in [3.63, 3.8) is 0 Å². The van der Waals surface area contributed by atoms with Gasteiger partial charge in [0.25, 0.3) is 0 Å². The summed E-state index contributed by atoms with van der Waals surface area (Å²) in [7, 11) is 0. The quantitative estimate of drug-likeness (QED) is 0.444. The highest BCUT2D eigenvalue weighted by molar-refractivity contribution is 14.1. The Morgan fingerprint density at radius 3 is 2.50 bits per heavy atom. The van der Waals surface area contributed by atoms with Gasteiger partial charge in [0, 0.05) is 28.2 Å². The van der Waals surface area contributed by atoms with Gasteiger partial charge >= 0.3 is 6.09 Å². The van der Waals surface area contributed by atoms with Crippen molar-refractivity contribution in [1.29, 1.82) is 0 Å². The van der Waals surface area contributed by atoms with Crippen LogP contribution in [-0.2, 0) is 4.74 Å². The van der Waals surface area contributed by atoms with Gasteiger partial charge in [-0.15, -0.1) is 0 Å². The number of amides is 1. The van der Waals surface area contributed by atoms with E-state index in [1.54, 1.807) is 4.90 Å². The largest absolute Gasteiger partial charge is 0.444 e. The maximum atomic E-state index is 11.9. The van der Waals surface area contributed by atoms with Gasteiger partial charge in [-0.2, -0.15) is 12.6 Å². The van der Waals surface area contributed by atoms with E-state index in [0.717, 1.165) is 4.43 Å². The summed E-state index contributed by atoms with van der Waals surface area (Å²) in [5.74, 6) is 0.455. The van der Waals surface area contributed by atoms with Crippen LogP contribution < -0.4 is 0 Å². The molecule has 94 valence electrons. The second-order valence-electron chi connectivity index (χ2n) is 5.26. The van der Waals surface area contributed by atoms with Gasteiger partial charge in [-0.3, -0.25) is 0 Å². The number of ether oxygens (including phenoxy) is 1. The van der Waals surface area contributed by atoms with Gasteiger partial charge in [-0.05, 0) is 27.7 Å². The van der Waals surface area contributed by atoms with E-state index in [1.807, 2.05) is 20.8 Å². The van der Waals surface area contributed by atoms with Crippen molar-refractivity contribution >= 4 is 41.3 Å². The summed E-state index contributed by atoms with van der Waals surface area (Å²) in [6.07, 6.45) is -0.216. The zero-order valence-corrected chi connectivity index (χ0v) is 13.3. The number of hydrogen-bond donors (Lipinski definition) is 1. The second-order valence-corrected chi connectivity index (χ2v) is 6.80. The average molecular weight is 357 g/mol. The van der Waals surface area contributed by atoms with Crippen LogP contribution in [0, 0.1) is 5.92 Å². The molecule has 16 heavy (non-hydrogen) atoms. The third kappa shape index (κ3) is 3.42. The first-order valence-corrected chi connectivity index (χ1v) is 7.54. The fraction of sp³-hybridized carbons (Fsp3) is 0.909. The Balaban J connectivity index is 2.65. The molecule has 1 fully saturated rings. The van der Waals surface area contributed by atoms with Gasteiger partial charge in [-0.25, -0.2) is 4.79 Å². The number of alkyl halides is 1. The fourth-order valence-electron chi connectivity index (χ4n) is 1.85. The minimum Gasteiger partial charge on any atom is -0.444 e. The van der Waals surface area contributed by atoms with E-state index in [4.69, 9.17) is 4.74 Å². The second kappa shape index (κ2) is 5.33. The molecule has 0 radical (unpaired) electrons. The van der Waals surface area contributed by atoms with Crippen LogP contribution in [-0.4, -0.2) is 38.9 Å². The third-order valence-electron chi connectivity index (χ3n) is 2.80. The first-order chi connectivity index (χ1) is 7.26. The minimum absolute atomic E-state index is 0.216. The third-order valence-corrected chi connectivity index (χ3v) is 4.36. The Hall–Kier alpha value is 0.350. The molecule has 1 amide bonds. The fourth-order valence-corrected chi connectivity index (χ4v) is 4.13. The Bertz CT molecular complexity index is 267. The molecule has 0 bridgehead atoms. The van der Waals surface area contributed by atoms with Crippen molar-refractivity contribution in [2.45, 2.75) is 44.6 Å². The lowest BCUT2D eigenvalue weighted by Gasteiger charge is -2.28. The van der Waals surface area contributed by atoms with E-state index >= 15 is 0 Å². The van der Waals surface area contributed by atoms with Crippen LogP contribution in [0.3, 0.4) is 0 Å². The molecule has 0 aromatic heterocycles. The van der Waals surface area contributed by atoms with Gasteiger partial charge in [0.2, 0.25) is 0 Å².